The summed E-state index contributed by atoms with van der Waals surface area (Å²) < 4.78 is 29.2. The van der Waals surface area contributed by atoms with E-state index in [0.717, 1.165) is 11.8 Å². The highest BCUT2D eigenvalue weighted by Crippen LogP contribution is 2.35. The van der Waals surface area contributed by atoms with Gasteiger partial charge in [0, 0.05) is 20.3 Å². The number of sulfonamides is 1. The minimum Gasteiger partial charge on any atom is -0.382 e. The molecular weight excluding hydrogens is 370 g/mol. The molecule has 0 N–H and O–H groups in total. The summed E-state index contributed by atoms with van der Waals surface area (Å²) in [5.41, 5.74) is 0.564. The number of rotatable bonds is 4. The Morgan fingerprint density at radius 3 is 2.15 bits per heavy atom. The van der Waals surface area contributed by atoms with Gasteiger partial charge >= 0.3 is 0 Å². The Labute approximate surface area is 156 Å². The number of anilines is 1. The monoisotopic (exact) mass is 387 g/mol. The van der Waals surface area contributed by atoms with Gasteiger partial charge in [0.15, 0.2) is 5.17 Å². The zero-order valence-electron chi connectivity index (χ0n) is 14.2. The van der Waals surface area contributed by atoms with Gasteiger partial charge in [0.05, 0.1) is 15.5 Å². The van der Waals surface area contributed by atoms with Gasteiger partial charge in [-0.05, 0) is 36.0 Å². The van der Waals surface area contributed by atoms with E-state index in [2.05, 4.69) is 4.40 Å². The fourth-order valence-electron chi connectivity index (χ4n) is 2.31. The molecule has 0 aromatic heterocycles. The lowest BCUT2D eigenvalue weighted by atomic mass is 10.3. The van der Waals surface area contributed by atoms with Crippen LogP contribution in [0.1, 0.15) is 0 Å². The third kappa shape index (κ3) is 3.81. The molecule has 1 amide bonds. The minimum atomic E-state index is -3.93. The van der Waals surface area contributed by atoms with Gasteiger partial charge in [0.2, 0.25) is 0 Å². The molecule has 2 aromatic rings. The van der Waals surface area contributed by atoms with E-state index in [4.69, 9.17) is 0 Å². The van der Waals surface area contributed by atoms with E-state index < -0.39 is 10.0 Å². The Bertz CT molecular complexity index is 969. The second-order valence-electron chi connectivity index (χ2n) is 5.70. The highest BCUT2D eigenvalue weighted by Gasteiger charge is 2.36. The van der Waals surface area contributed by atoms with E-state index in [-0.39, 0.29) is 16.0 Å². The first kappa shape index (κ1) is 18.2. The van der Waals surface area contributed by atoms with Crippen LogP contribution in [0.4, 0.5) is 5.69 Å². The summed E-state index contributed by atoms with van der Waals surface area (Å²) in [6.45, 7) is 0. The lowest BCUT2D eigenvalue weighted by Gasteiger charge is -2.15. The molecule has 0 atom stereocenters. The minimum absolute atomic E-state index is 0.0820. The molecular formula is C18H17N3O3S2. The molecule has 0 saturated carbocycles. The average Bonchev–Trinajstić information content (AvgIpc) is 2.90. The topological polar surface area (TPSA) is 70.1 Å². The number of thioether (sulfide) groups is 1. The Morgan fingerprint density at radius 2 is 1.58 bits per heavy atom. The second kappa shape index (κ2) is 7.35. The molecule has 0 radical (unpaired) electrons. The normalized spacial score (nSPS) is 17.9. The number of carbonyl (C=O) groups excluding carboxylic acids is 1. The molecule has 2 aromatic carbocycles. The molecule has 1 aliphatic heterocycles. The quantitative estimate of drug-likeness (QED) is 0.755. The number of para-hydroxylation sites is 1. The molecule has 0 spiro atoms. The third-order valence-electron chi connectivity index (χ3n) is 3.44. The van der Waals surface area contributed by atoms with E-state index in [1.807, 2.05) is 6.07 Å². The van der Waals surface area contributed by atoms with Crippen molar-refractivity contribution in [3.63, 3.8) is 0 Å². The number of benzene rings is 2. The fraction of sp³-hybridized carbons (Fsp3) is 0.111. The van der Waals surface area contributed by atoms with Crippen LogP contribution in [-0.2, 0) is 14.8 Å². The van der Waals surface area contributed by atoms with Gasteiger partial charge in [0.1, 0.15) is 0 Å². The number of hydrogen-bond donors (Lipinski definition) is 0. The summed E-state index contributed by atoms with van der Waals surface area (Å²) in [5, 5.41) is 0.109. The van der Waals surface area contributed by atoms with Crippen LogP contribution in [-0.4, -0.2) is 38.5 Å². The SMILES string of the molecule is CN(C)/C=C1\SC(=NS(=O)(=O)c2ccccc2)N(c2ccccc2)C1=O. The lowest BCUT2D eigenvalue weighted by Crippen LogP contribution is -2.29. The van der Waals surface area contributed by atoms with Crippen molar-refractivity contribution in [1.82, 2.24) is 4.90 Å². The highest BCUT2D eigenvalue weighted by molar-refractivity contribution is 8.19. The van der Waals surface area contributed by atoms with Gasteiger partial charge in [-0.2, -0.15) is 8.42 Å². The maximum Gasteiger partial charge on any atom is 0.284 e. The van der Waals surface area contributed by atoms with Crippen LogP contribution in [0.25, 0.3) is 0 Å². The van der Waals surface area contributed by atoms with Crippen molar-refractivity contribution in [2.45, 2.75) is 4.90 Å². The molecule has 0 aliphatic carbocycles. The summed E-state index contributed by atoms with van der Waals surface area (Å²) in [6.07, 6.45) is 1.65. The van der Waals surface area contributed by atoms with Crippen molar-refractivity contribution in [2.24, 2.45) is 4.40 Å². The number of carbonyl (C=O) groups is 1. The molecule has 1 fully saturated rings. The zero-order valence-corrected chi connectivity index (χ0v) is 15.9. The predicted molar refractivity (Wildman–Crippen MR) is 104 cm³/mol. The summed E-state index contributed by atoms with van der Waals surface area (Å²) >= 11 is 1.04. The molecule has 134 valence electrons. The lowest BCUT2D eigenvalue weighted by molar-refractivity contribution is -0.113. The van der Waals surface area contributed by atoms with Gasteiger partial charge in [0.25, 0.3) is 15.9 Å². The zero-order chi connectivity index (χ0) is 18.7. The van der Waals surface area contributed by atoms with Crippen molar-refractivity contribution in [3.05, 3.63) is 71.8 Å². The second-order valence-corrected chi connectivity index (χ2v) is 8.31. The maximum absolute atomic E-state index is 12.8. The van der Waals surface area contributed by atoms with Gasteiger partial charge in [-0.3, -0.25) is 9.69 Å². The molecule has 1 heterocycles. The summed E-state index contributed by atoms with van der Waals surface area (Å²) in [7, 11) is -0.337. The number of amides is 1. The van der Waals surface area contributed by atoms with Crippen LogP contribution in [0.15, 0.2) is 81.1 Å². The van der Waals surface area contributed by atoms with Gasteiger partial charge in [-0.1, -0.05) is 36.4 Å². The van der Waals surface area contributed by atoms with Gasteiger partial charge in [-0.25, -0.2) is 0 Å². The smallest absolute Gasteiger partial charge is 0.284 e. The van der Waals surface area contributed by atoms with Crippen LogP contribution in [0, 0.1) is 0 Å². The number of amidine groups is 1. The van der Waals surface area contributed by atoms with Crippen molar-refractivity contribution in [2.75, 3.05) is 19.0 Å². The van der Waals surface area contributed by atoms with Crippen molar-refractivity contribution in [1.29, 1.82) is 0 Å². The largest absolute Gasteiger partial charge is 0.382 e. The Balaban J connectivity index is 2.09. The predicted octanol–water partition coefficient (Wildman–Crippen LogP) is 2.91. The first-order valence-corrected chi connectivity index (χ1v) is 10.00. The molecule has 8 heteroatoms. The van der Waals surface area contributed by atoms with Gasteiger partial charge in [-0.15, -0.1) is 4.40 Å². The molecule has 0 unspecified atom stereocenters. The molecule has 0 bridgehead atoms. The maximum atomic E-state index is 12.8. The number of nitrogens with zero attached hydrogens (tertiary/aromatic N) is 3. The molecule has 26 heavy (non-hydrogen) atoms. The van der Waals surface area contributed by atoms with Crippen molar-refractivity contribution in [3.8, 4) is 0 Å². The van der Waals surface area contributed by atoms with E-state index in [0.29, 0.717) is 10.6 Å². The van der Waals surface area contributed by atoms with Crippen molar-refractivity contribution < 1.29 is 13.2 Å². The summed E-state index contributed by atoms with van der Waals surface area (Å²) in [6, 6.07) is 16.8. The first-order chi connectivity index (χ1) is 12.4. The Kier molecular flexibility index (Phi) is 5.15. The summed E-state index contributed by atoms with van der Waals surface area (Å²) in [5.74, 6) is -0.308. The third-order valence-corrected chi connectivity index (χ3v) is 5.79. The average molecular weight is 387 g/mol. The van der Waals surface area contributed by atoms with Crippen LogP contribution in [0.5, 0.6) is 0 Å². The van der Waals surface area contributed by atoms with Crippen LogP contribution in [0.2, 0.25) is 0 Å². The highest BCUT2D eigenvalue weighted by atomic mass is 32.2. The van der Waals surface area contributed by atoms with E-state index in [1.165, 1.54) is 17.0 Å². The Hall–Kier alpha value is -2.58. The summed E-state index contributed by atoms with van der Waals surface area (Å²) in [4.78, 5) is 16.3. The molecule has 6 nitrogen and oxygen atoms in total. The van der Waals surface area contributed by atoms with Crippen LogP contribution < -0.4 is 4.90 Å². The fourth-order valence-corrected chi connectivity index (χ4v) is 4.57. The van der Waals surface area contributed by atoms with Crippen LogP contribution in [0.3, 0.4) is 0 Å². The van der Waals surface area contributed by atoms with E-state index >= 15 is 0 Å². The number of hydrogen-bond acceptors (Lipinski definition) is 5. The molecule has 1 saturated heterocycles. The van der Waals surface area contributed by atoms with E-state index in [9.17, 15) is 13.2 Å². The molecule has 3 rings (SSSR count). The first-order valence-electron chi connectivity index (χ1n) is 7.74. The Morgan fingerprint density at radius 1 is 1.00 bits per heavy atom. The van der Waals surface area contributed by atoms with Crippen molar-refractivity contribution >= 4 is 38.5 Å². The van der Waals surface area contributed by atoms with Crippen LogP contribution >= 0.6 is 11.8 Å². The van der Waals surface area contributed by atoms with Gasteiger partial charge < -0.3 is 4.90 Å². The molecule has 1 aliphatic rings. The standard InChI is InChI=1S/C18H17N3O3S2/c1-20(2)13-16-17(22)21(14-9-5-3-6-10-14)18(25-16)19-26(23,24)15-11-7-4-8-12-15/h3-13H,1-2H3/b16-13-,19-18?. The van der Waals surface area contributed by atoms with E-state index in [1.54, 1.807) is 67.7 Å².